The van der Waals surface area contributed by atoms with Crippen LogP contribution in [0.1, 0.15) is 11.3 Å². The van der Waals surface area contributed by atoms with Crippen molar-refractivity contribution in [2.45, 2.75) is 6.92 Å². The summed E-state index contributed by atoms with van der Waals surface area (Å²) in [5, 5.41) is 0.486. The van der Waals surface area contributed by atoms with Gasteiger partial charge in [-0.2, -0.15) is 0 Å². The second-order valence-electron chi connectivity index (χ2n) is 2.63. The predicted octanol–water partition coefficient (Wildman–Crippen LogP) is 2.02. The van der Waals surface area contributed by atoms with Crippen LogP contribution in [0.5, 0.6) is 0 Å². The molecule has 2 nitrogen and oxygen atoms in total. The summed E-state index contributed by atoms with van der Waals surface area (Å²) in [6.45, 7) is 6.15. The van der Waals surface area contributed by atoms with Crippen molar-refractivity contribution in [1.29, 1.82) is 0 Å². The lowest BCUT2D eigenvalue weighted by Crippen LogP contribution is -2.01. The largest absolute Gasteiger partial charge is 0.326 e. The molecule has 0 aliphatic carbocycles. The van der Waals surface area contributed by atoms with E-state index in [1.807, 2.05) is 13.0 Å². The lowest BCUT2D eigenvalue weighted by molar-refractivity contribution is 1.18. The van der Waals surface area contributed by atoms with Crippen molar-refractivity contribution in [3.05, 3.63) is 35.1 Å². The van der Waals surface area contributed by atoms with Crippen LogP contribution in [0.3, 0.4) is 0 Å². The van der Waals surface area contributed by atoms with E-state index in [-0.39, 0.29) is 0 Å². The van der Waals surface area contributed by atoms with E-state index < -0.39 is 0 Å². The molecule has 1 aromatic heterocycles. The molecule has 0 bridgehead atoms. The van der Waals surface area contributed by atoms with Gasteiger partial charge in [0, 0.05) is 12.2 Å². The molecular formula is C9H11ClN2. The monoisotopic (exact) mass is 182 g/mol. The highest BCUT2D eigenvalue weighted by molar-refractivity contribution is 6.29. The Balaban J connectivity index is 3.08. The lowest BCUT2D eigenvalue weighted by Gasteiger charge is -2.03. The zero-order valence-electron chi connectivity index (χ0n) is 6.97. The van der Waals surface area contributed by atoms with Gasteiger partial charge >= 0.3 is 0 Å². The van der Waals surface area contributed by atoms with Gasteiger partial charge in [0.05, 0.1) is 0 Å². The summed E-state index contributed by atoms with van der Waals surface area (Å²) < 4.78 is 0. The Hall–Kier alpha value is -0.860. The molecule has 0 unspecified atom stereocenters. The third-order valence-electron chi connectivity index (χ3n) is 1.58. The van der Waals surface area contributed by atoms with Crippen LogP contribution in [0.25, 0.3) is 5.57 Å². The van der Waals surface area contributed by atoms with Gasteiger partial charge in [0.25, 0.3) is 0 Å². The fourth-order valence-electron chi connectivity index (χ4n) is 0.950. The van der Waals surface area contributed by atoms with E-state index >= 15 is 0 Å². The number of rotatable bonds is 2. The average Bonchev–Trinajstić information content (AvgIpc) is 2.01. The maximum atomic E-state index is 5.76. The molecule has 0 saturated heterocycles. The third kappa shape index (κ3) is 2.06. The van der Waals surface area contributed by atoms with Crippen molar-refractivity contribution in [2.75, 3.05) is 6.54 Å². The molecular weight excluding hydrogens is 172 g/mol. The van der Waals surface area contributed by atoms with Gasteiger partial charge in [0.2, 0.25) is 0 Å². The van der Waals surface area contributed by atoms with Gasteiger partial charge in [0.15, 0.2) is 0 Å². The maximum Gasteiger partial charge on any atom is 0.129 e. The number of hydrogen-bond acceptors (Lipinski definition) is 2. The topological polar surface area (TPSA) is 38.9 Å². The predicted molar refractivity (Wildman–Crippen MR) is 52.1 cm³/mol. The molecule has 0 spiro atoms. The molecule has 0 fully saturated rings. The van der Waals surface area contributed by atoms with Gasteiger partial charge in [-0.25, -0.2) is 4.98 Å². The maximum absolute atomic E-state index is 5.76. The summed E-state index contributed by atoms with van der Waals surface area (Å²) in [6.07, 6.45) is 0. The smallest absolute Gasteiger partial charge is 0.129 e. The molecule has 1 rings (SSSR count). The van der Waals surface area contributed by atoms with Gasteiger partial charge in [-0.05, 0) is 30.2 Å². The lowest BCUT2D eigenvalue weighted by atomic mass is 10.1. The third-order valence-corrected chi connectivity index (χ3v) is 1.77. The Morgan fingerprint density at radius 2 is 2.33 bits per heavy atom. The first-order valence-corrected chi connectivity index (χ1v) is 4.03. The first kappa shape index (κ1) is 9.23. The number of hydrogen-bond donors (Lipinski definition) is 1. The summed E-state index contributed by atoms with van der Waals surface area (Å²) in [4.78, 5) is 4.03. The summed E-state index contributed by atoms with van der Waals surface area (Å²) in [5.74, 6) is 0. The summed E-state index contributed by atoms with van der Waals surface area (Å²) in [5.41, 5.74) is 8.17. The van der Waals surface area contributed by atoms with Crippen LogP contribution in [0.2, 0.25) is 5.15 Å². The number of nitrogens with two attached hydrogens (primary N) is 1. The van der Waals surface area contributed by atoms with Crippen LogP contribution in [0, 0.1) is 6.92 Å². The van der Waals surface area contributed by atoms with E-state index in [4.69, 9.17) is 17.3 Å². The van der Waals surface area contributed by atoms with E-state index in [1.165, 1.54) is 0 Å². The second kappa shape index (κ2) is 3.70. The minimum Gasteiger partial charge on any atom is -0.326 e. The second-order valence-corrected chi connectivity index (χ2v) is 3.01. The molecule has 0 saturated carbocycles. The van der Waals surface area contributed by atoms with Gasteiger partial charge < -0.3 is 5.73 Å². The van der Waals surface area contributed by atoms with E-state index in [2.05, 4.69) is 11.6 Å². The Morgan fingerprint density at radius 1 is 1.67 bits per heavy atom. The first-order valence-electron chi connectivity index (χ1n) is 3.66. The molecule has 0 amide bonds. The Kier molecular flexibility index (Phi) is 2.84. The molecule has 1 heterocycles. The fourth-order valence-corrected chi connectivity index (χ4v) is 1.20. The quantitative estimate of drug-likeness (QED) is 0.711. The van der Waals surface area contributed by atoms with Gasteiger partial charge in [-0.15, -0.1) is 0 Å². The van der Waals surface area contributed by atoms with E-state index in [1.54, 1.807) is 6.07 Å². The van der Waals surface area contributed by atoms with E-state index in [0.717, 1.165) is 16.8 Å². The van der Waals surface area contributed by atoms with Crippen molar-refractivity contribution in [1.82, 2.24) is 4.98 Å². The zero-order chi connectivity index (χ0) is 9.14. The van der Waals surface area contributed by atoms with Crippen molar-refractivity contribution in [3.8, 4) is 0 Å². The minimum absolute atomic E-state index is 0.444. The minimum atomic E-state index is 0.444. The molecule has 2 N–H and O–H groups in total. The van der Waals surface area contributed by atoms with E-state index in [9.17, 15) is 0 Å². The van der Waals surface area contributed by atoms with Crippen LogP contribution in [0.4, 0.5) is 0 Å². The molecule has 0 radical (unpaired) electrons. The number of halogens is 1. The summed E-state index contributed by atoms with van der Waals surface area (Å²) in [6, 6.07) is 3.69. The Labute approximate surface area is 77.1 Å². The number of nitrogens with zero attached hydrogens (tertiary/aromatic N) is 1. The number of aromatic nitrogens is 1. The summed E-state index contributed by atoms with van der Waals surface area (Å²) in [7, 11) is 0. The molecule has 0 aliphatic heterocycles. The normalized spacial score (nSPS) is 9.92. The molecule has 1 aromatic rings. The molecule has 3 heteroatoms. The average molecular weight is 183 g/mol. The molecule has 0 aliphatic rings. The zero-order valence-corrected chi connectivity index (χ0v) is 7.73. The summed E-state index contributed by atoms with van der Waals surface area (Å²) >= 11 is 5.76. The fraction of sp³-hybridized carbons (Fsp3) is 0.222. The number of aryl methyl sites for hydroxylation is 1. The highest BCUT2D eigenvalue weighted by atomic mass is 35.5. The molecule has 12 heavy (non-hydrogen) atoms. The SMILES string of the molecule is C=C(CN)c1cc(C)nc(Cl)c1. The van der Waals surface area contributed by atoms with Crippen LogP contribution < -0.4 is 5.73 Å². The van der Waals surface area contributed by atoms with Crippen LogP contribution in [-0.2, 0) is 0 Å². The van der Waals surface area contributed by atoms with Crippen molar-refractivity contribution < 1.29 is 0 Å². The van der Waals surface area contributed by atoms with Gasteiger partial charge in [0.1, 0.15) is 5.15 Å². The van der Waals surface area contributed by atoms with Crippen LogP contribution in [-0.4, -0.2) is 11.5 Å². The van der Waals surface area contributed by atoms with Crippen LogP contribution >= 0.6 is 11.6 Å². The first-order chi connectivity index (χ1) is 5.63. The Morgan fingerprint density at radius 3 is 2.83 bits per heavy atom. The van der Waals surface area contributed by atoms with Crippen molar-refractivity contribution >= 4 is 17.2 Å². The highest BCUT2D eigenvalue weighted by Gasteiger charge is 1.99. The van der Waals surface area contributed by atoms with E-state index in [0.29, 0.717) is 11.7 Å². The number of pyridine rings is 1. The van der Waals surface area contributed by atoms with Gasteiger partial charge in [-0.3, -0.25) is 0 Å². The highest BCUT2D eigenvalue weighted by Crippen LogP contribution is 2.16. The van der Waals surface area contributed by atoms with Gasteiger partial charge in [-0.1, -0.05) is 18.2 Å². The Bertz CT molecular complexity index is 287. The molecule has 0 atom stereocenters. The van der Waals surface area contributed by atoms with Crippen molar-refractivity contribution in [2.24, 2.45) is 5.73 Å². The standard InChI is InChI=1S/C9H11ClN2/c1-6(5-11)8-3-7(2)12-9(10)4-8/h3-4H,1,5,11H2,2H3. The van der Waals surface area contributed by atoms with Crippen molar-refractivity contribution in [3.63, 3.8) is 0 Å². The molecule has 0 aromatic carbocycles. The van der Waals surface area contributed by atoms with Crippen LogP contribution in [0.15, 0.2) is 18.7 Å². The molecule has 64 valence electrons.